The van der Waals surface area contributed by atoms with E-state index in [-0.39, 0.29) is 42.5 Å². The minimum absolute atomic E-state index is 0.0355. The van der Waals surface area contributed by atoms with E-state index in [0.717, 1.165) is 0 Å². The highest BCUT2D eigenvalue weighted by Crippen LogP contribution is 2.29. The fraction of sp³-hybridized carbons (Fsp3) is 1.00. The van der Waals surface area contributed by atoms with Gasteiger partial charge in [-0.2, -0.15) is 5.06 Å². The van der Waals surface area contributed by atoms with Crippen LogP contribution >= 0.6 is 0 Å². The maximum atomic E-state index is 6.02. The zero-order chi connectivity index (χ0) is 19.3. The summed E-state index contributed by atoms with van der Waals surface area (Å²) in [7, 11) is 14.5. The molecule has 0 saturated carbocycles. The van der Waals surface area contributed by atoms with Crippen molar-refractivity contribution in [2.75, 3.05) is 55.2 Å². The van der Waals surface area contributed by atoms with Gasteiger partial charge in [0.1, 0.15) is 26.2 Å². The van der Waals surface area contributed by atoms with Crippen LogP contribution in [0.5, 0.6) is 0 Å². The molecule has 2 heterocycles. The summed E-state index contributed by atoms with van der Waals surface area (Å²) >= 11 is 0. The summed E-state index contributed by atoms with van der Waals surface area (Å²) in [5, 5.41) is 1.77. The second kappa shape index (κ2) is 10.3. The fourth-order valence-corrected chi connectivity index (χ4v) is 3.90. The lowest BCUT2D eigenvalue weighted by Gasteiger charge is -2.28. The Hall–Kier alpha value is -0.255. The van der Waals surface area contributed by atoms with Gasteiger partial charge in [0.25, 0.3) is 0 Å². The molecule has 0 aromatic heterocycles. The number of hydrogen-bond donors (Lipinski definition) is 0. The van der Waals surface area contributed by atoms with Crippen LogP contribution < -0.4 is 0 Å². The van der Waals surface area contributed by atoms with Gasteiger partial charge in [0, 0.05) is 54.0 Å². The lowest BCUT2D eigenvalue weighted by atomic mass is 9.87. The molecule has 8 nitrogen and oxygen atoms in total. The molecule has 0 spiro atoms. The van der Waals surface area contributed by atoms with Crippen molar-refractivity contribution in [1.29, 1.82) is 0 Å². The van der Waals surface area contributed by atoms with E-state index in [1.165, 1.54) is 0 Å². The Balaban J connectivity index is 1.88. The molecular formula is C17H32BNO7. The second-order valence-corrected chi connectivity index (χ2v) is 6.85. The third-order valence-electron chi connectivity index (χ3n) is 5.17. The Bertz CT molecular complexity index is 419. The van der Waals surface area contributed by atoms with Gasteiger partial charge in [-0.3, -0.25) is 4.84 Å². The van der Waals surface area contributed by atoms with E-state index in [1.54, 1.807) is 33.5 Å². The minimum atomic E-state index is -0.474. The maximum Gasteiger partial charge on any atom is 0.114 e. The highest BCUT2D eigenvalue weighted by Gasteiger charge is 2.45. The van der Waals surface area contributed by atoms with E-state index in [4.69, 9.17) is 41.1 Å². The number of methoxy groups -OCH3 is 4. The summed E-state index contributed by atoms with van der Waals surface area (Å²) < 4.78 is 33.4. The third-order valence-corrected chi connectivity index (χ3v) is 5.17. The second-order valence-electron chi connectivity index (χ2n) is 6.85. The molecule has 9 heteroatoms. The molecule has 2 rings (SSSR count). The van der Waals surface area contributed by atoms with E-state index in [1.807, 2.05) is 14.0 Å². The first-order chi connectivity index (χ1) is 12.5. The molecule has 2 unspecified atom stereocenters. The molecule has 150 valence electrons. The third kappa shape index (κ3) is 4.96. The number of rotatable bonds is 10. The zero-order valence-electron chi connectivity index (χ0n) is 16.6. The van der Waals surface area contributed by atoms with Crippen LogP contribution in [0.4, 0.5) is 0 Å². The van der Waals surface area contributed by atoms with Crippen LogP contribution in [0.15, 0.2) is 0 Å². The van der Waals surface area contributed by atoms with Gasteiger partial charge in [0.15, 0.2) is 0 Å². The molecular weight excluding hydrogens is 341 g/mol. The Morgan fingerprint density at radius 2 is 1.54 bits per heavy atom. The number of nitrogens with zero attached hydrogens (tertiary/aromatic N) is 1. The fourth-order valence-electron chi connectivity index (χ4n) is 3.90. The molecule has 0 N–H and O–H groups in total. The van der Waals surface area contributed by atoms with Gasteiger partial charge in [0.05, 0.1) is 31.5 Å². The summed E-state index contributed by atoms with van der Waals surface area (Å²) in [6.45, 7) is 3.38. The van der Waals surface area contributed by atoms with Crippen LogP contribution in [0, 0.1) is 5.92 Å². The summed E-state index contributed by atoms with van der Waals surface area (Å²) in [4.78, 5) is 5.90. The van der Waals surface area contributed by atoms with E-state index >= 15 is 0 Å². The largest absolute Gasteiger partial charge is 0.382 e. The number of hydrogen-bond acceptors (Lipinski definition) is 8. The van der Waals surface area contributed by atoms with Crippen LogP contribution in [0.1, 0.15) is 6.92 Å². The standard InChI is InChI=1S/C17H32BNO7/c1-10-14(21-4)16(23-6)13(25-10)9-24-19(2)7-11-12(8-20-3)26-17(18)15(11)22-5/h10-17H,7-9H2,1-6H3/t10-,11+,12?,13?,14-,15+,16+,17+/m0/s1. The molecule has 26 heavy (non-hydrogen) atoms. The Morgan fingerprint density at radius 1 is 0.885 bits per heavy atom. The topological polar surface area (TPSA) is 67.9 Å². The lowest BCUT2D eigenvalue weighted by Crippen LogP contribution is -2.42. The first-order valence-electron chi connectivity index (χ1n) is 8.94. The van der Waals surface area contributed by atoms with Gasteiger partial charge < -0.3 is 28.4 Å². The minimum Gasteiger partial charge on any atom is -0.382 e. The molecule has 0 aliphatic carbocycles. The Labute approximate surface area is 157 Å². The van der Waals surface area contributed by atoms with Gasteiger partial charge in [-0.15, -0.1) is 0 Å². The van der Waals surface area contributed by atoms with Crippen LogP contribution in [-0.4, -0.2) is 111 Å². The molecule has 0 bridgehead atoms. The highest BCUT2D eigenvalue weighted by molar-refractivity contribution is 6.11. The van der Waals surface area contributed by atoms with E-state index < -0.39 is 6.00 Å². The first-order valence-corrected chi connectivity index (χ1v) is 8.94. The molecule has 2 saturated heterocycles. The summed E-state index contributed by atoms with van der Waals surface area (Å²) in [6.07, 6.45) is -0.873. The molecule has 0 aromatic rings. The predicted octanol–water partition coefficient (Wildman–Crippen LogP) is -0.162. The molecule has 8 atom stereocenters. The molecule has 0 aromatic carbocycles. The van der Waals surface area contributed by atoms with Crippen LogP contribution in [0.2, 0.25) is 0 Å². The lowest BCUT2D eigenvalue weighted by molar-refractivity contribution is -0.188. The van der Waals surface area contributed by atoms with E-state index in [9.17, 15) is 0 Å². The van der Waals surface area contributed by atoms with Crippen LogP contribution in [-0.2, 0) is 33.3 Å². The average Bonchev–Trinajstić information content (AvgIpc) is 3.08. The Kier molecular flexibility index (Phi) is 8.76. The molecule has 2 radical (unpaired) electrons. The first kappa shape index (κ1) is 22.0. The van der Waals surface area contributed by atoms with Crippen molar-refractivity contribution in [3.63, 3.8) is 0 Å². The molecule has 2 aliphatic heterocycles. The van der Waals surface area contributed by atoms with Crippen molar-refractivity contribution in [3.8, 4) is 0 Å². The quantitative estimate of drug-likeness (QED) is 0.387. The molecule has 2 fully saturated rings. The summed E-state index contributed by atoms with van der Waals surface area (Å²) in [6, 6.07) is -0.474. The van der Waals surface area contributed by atoms with Crippen molar-refractivity contribution >= 4 is 7.85 Å². The average molecular weight is 373 g/mol. The smallest absolute Gasteiger partial charge is 0.114 e. The van der Waals surface area contributed by atoms with E-state index in [0.29, 0.717) is 19.8 Å². The van der Waals surface area contributed by atoms with Crippen molar-refractivity contribution < 1.29 is 33.3 Å². The van der Waals surface area contributed by atoms with Crippen molar-refractivity contribution in [2.24, 2.45) is 5.92 Å². The van der Waals surface area contributed by atoms with Gasteiger partial charge in [0.2, 0.25) is 0 Å². The summed E-state index contributed by atoms with van der Waals surface area (Å²) in [5.41, 5.74) is 0. The van der Waals surface area contributed by atoms with Crippen molar-refractivity contribution in [2.45, 2.75) is 49.6 Å². The van der Waals surface area contributed by atoms with Crippen LogP contribution in [0.25, 0.3) is 0 Å². The predicted molar refractivity (Wildman–Crippen MR) is 95.1 cm³/mol. The summed E-state index contributed by atoms with van der Waals surface area (Å²) in [5.74, 6) is 0.0355. The SMILES string of the molecule is [B][C@@H]1OC(COC)[C@@H](CN(C)OCC2O[C@@H](C)[C@H](OC)[C@@H]2OC)[C@H]1OC. The zero-order valence-corrected chi connectivity index (χ0v) is 16.6. The highest BCUT2D eigenvalue weighted by atomic mass is 16.7. The monoisotopic (exact) mass is 373 g/mol. The molecule has 0 amide bonds. The Morgan fingerprint density at radius 3 is 2.12 bits per heavy atom. The molecule has 2 aliphatic rings. The van der Waals surface area contributed by atoms with Gasteiger partial charge >= 0.3 is 0 Å². The maximum absolute atomic E-state index is 6.02. The van der Waals surface area contributed by atoms with Gasteiger partial charge in [-0.05, 0) is 6.92 Å². The van der Waals surface area contributed by atoms with Crippen molar-refractivity contribution in [3.05, 3.63) is 0 Å². The van der Waals surface area contributed by atoms with Gasteiger partial charge in [-0.25, -0.2) is 0 Å². The van der Waals surface area contributed by atoms with Gasteiger partial charge in [-0.1, -0.05) is 0 Å². The van der Waals surface area contributed by atoms with E-state index in [2.05, 4.69) is 0 Å². The number of hydroxylamine groups is 2. The number of ether oxygens (including phenoxy) is 6. The van der Waals surface area contributed by atoms with Crippen molar-refractivity contribution in [1.82, 2.24) is 5.06 Å². The van der Waals surface area contributed by atoms with Crippen LogP contribution in [0.3, 0.4) is 0 Å². The normalized spacial score (nSPS) is 40.6.